The van der Waals surface area contributed by atoms with E-state index in [9.17, 15) is 8.42 Å². The van der Waals surface area contributed by atoms with Gasteiger partial charge in [-0.2, -0.15) is 5.10 Å². The largest absolute Gasteiger partial charge is 0.323 e. The quantitative estimate of drug-likeness (QED) is 0.513. The van der Waals surface area contributed by atoms with Crippen LogP contribution < -0.4 is 10.6 Å². The number of hydrogen-bond acceptors (Lipinski definition) is 4. The van der Waals surface area contributed by atoms with Crippen LogP contribution >= 0.6 is 0 Å². The van der Waals surface area contributed by atoms with Crippen LogP contribution in [0.3, 0.4) is 0 Å². The number of sulfonamides is 1. The van der Waals surface area contributed by atoms with Crippen LogP contribution in [0.25, 0.3) is 0 Å². The van der Waals surface area contributed by atoms with Crippen LogP contribution in [0.1, 0.15) is 31.9 Å². The van der Waals surface area contributed by atoms with E-state index < -0.39 is 10.0 Å². The monoisotopic (exact) mass is 331 g/mol. The minimum Gasteiger partial charge on any atom is -0.323 e. The minimum atomic E-state index is -3.63. The fourth-order valence-electron chi connectivity index (χ4n) is 2.12. The molecule has 0 spiro atoms. The molecule has 0 amide bonds. The smallest absolute Gasteiger partial charge is 0.261 e. The highest BCUT2D eigenvalue weighted by Gasteiger charge is 2.17. The van der Waals surface area contributed by atoms with Crippen molar-refractivity contribution >= 4 is 21.9 Å². The maximum Gasteiger partial charge on any atom is 0.261 e. The molecule has 0 fully saturated rings. The Hall–Kier alpha value is -2.34. The average Bonchev–Trinajstić information content (AvgIpc) is 2.47. The summed E-state index contributed by atoms with van der Waals surface area (Å²) in [5.41, 5.74) is 2.24. The van der Waals surface area contributed by atoms with E-state index in [2.05, 4.69) is 30.6 Å². The molecule has 0 aromatic heterocycles. The second-order valence-electron chi connectivity index (χ2n) is 6.28. The van der Waals surface area contributed by atoms with Gasteiger partial charge < -0.3 is 5.84 Å². The molecular weight excluding hydrogens is 310 g/mol. The highest BCUT2D eigenvalue weighted by molar-refractivity contribution is 7.92. The van der Waals surface area contributed by atoms with Crippen LogP contribution in [-0.2, 0) is 15.4 Å². The van der Waals surface area contributed by atoms with Gasteiger partial charge >= 0.3 is 0 Å². The predicted molar refractivity (Wildman–Crippen MR) is 94.2 cm³/mol. The van der Waals surface area contributed by atoms with Crippen molar-refractivity contribution in [1.29, 1.82) is 0 Å². The molecule has 0 saturated heterocycles. The molecule has 122 valence electrons. The maximum atomic E-state index is 12.5. The first-order valence-electron chi connectivity index (χ1n) is 7.19. The molecule has 2 aromatic carbocycles. The second-order valence-corrected chi connectivity index (χ2v) is 7.97. The molecule has 6 heteroatoms. The SMILES string of the molecule is CC(C)(C)c1ccc(S(=O)(=O)Nc2cccc(C=NN)c2)cc1. The molecule has 2 aromatic rings. The topological polar surface area (TPSA) is 84.5 Å². The summed E-state index contributed by atoms with van der Waals surface area (Å²) in [7, 11) is -3.63. The van der Waals surface area contributed by atoms with E-state index in [0.717, 1.165) is 11.1 Å². The summed E-state index contributed by atoms with van der Waals surface area (Å²) in [4.78, 5) is 0.225. The zero-order valence-electron chi connectivity index (χ0n) is 13.4. The average molecular weight is 331 g/mol. The lowest BCUT2D eigenvalue weighted by atomic mass is 9.87. The molecule has 23 heavy (non-hydrogen) atoms. The number of benzene rings is 2. The third kappa shape index (κ3) is 4.32. The minimum absolute atomic E-state index is 0.0222. The molecule has 0 radical (unpaired) electrons. The van der Waals surface area contributed by atoms with Crippen molar-refractivity contribution in [1.82, 2.24) is 0 Å². The molecule has 0 aliphatic rings. The van der Waals surface area contributed by atoms with E-state index in [1.165, 1.54) is 6.21 Å². The van der Waals surface area contributed by atoms with Crippen molar-refractivity contribution in [3.63, 3.8) is 0 Å². The molecular formula is C17H21N3O2S. The number of nitrogens with one attached hydrogen (secondary N) is 1. The first-order chi connectivity index (χ1) is 10.7. The Morgan fingerprint density at radius 3 is 2.30 bits per heavy atom. The van der Waals surface area contributed by atoms with E-state index in [-0.39, 0.29) is 10.3 Å². The van der Waals surface area contributed by atoms with Gasteiger partial charge in [0, 0.05) is 5.69 Å². The first-order valence-corrected chi connectivity index (χ1v) is 8.67. The Morgan fingerprint density at radius 2 is 1.74 bits per heavy atom. The number of rotatable bonds is 4. The fourth-order valence-corrected chi connectivity index (χ4v) is 3.17. The predicted octanol–water partition coefficient (Wildman–Crippen LogP) is 3.08. The van der Waals surface area contributed by atoms with Gasteiger partial charge in [0.25, 0.3) is 10.0 Å². The summed E-state index contributed by atoms with van der Waals surface area (Å²) in [6.07, 6.45) is 1.45. The van der Waals surface area contributed by atoms with E-state index in [4.69, 9.17) is 5.84 Å². The van der Waals surface area contributed by atoms with Crippen molar-refractivity contribution in [2.24, 2.45) is 10.9 Å². The van der Waals surface area contributed by atoms with Gasteiger partial charge in [-0.3, -0.25) is 4.72 Å². The molecule has 5 nitrogen and oxygen atoms in total. The first kappa shape index (κ1) is 17.0. The molecule has 0 aliphatic heterocycles. The van der Waals surface area contributed by atoms with Gasteiger partial charge in [0.05, 0.1) is 11.1 Å². The van der Waals surface area contributed by atoms with Gasteiger partial charge in [0.15, 0.2) is 0 Å². The van der Waals surface area contributed by atoms with E-state index in [0.29, 0.717) is 5.69 Å². The fraction of sp³-hybridized carbons (Fsp3) is 0.235. The van der Waals surface area contributed by atoms with Gasteiger partial charge in [-0.15, -0.1) is 0 Å². The van der Waals surface area contributed by atoms with Crippen molar-refractivity contribution in [3.05, 3.63) is 59.7 Å². The summed E-state index contributed by atoms with van der Waals surface area (Å²) < 4.78 is 27.5. The zero-order valence-corrected chi connectivity index (χ0v) is 14.3. The zero-order chi connectivity index (χ0) is 17.1. The van der Waals surface area contributed by atoms with E-state index >= 15 is 0 Å². The Bertz CT molecular complexity index is 804. The lowest BCUT2D eigenvalue weighted by molar-refractivity contribution is 0.587. The molecule has 0 bridgehead atoms. The Labute approximate surface area is 137 Å². The molecule has 0 unspecified atom stereocenters. The van der Waals surface area contributed by atoms with Crippen LogP contribution in [-0.4, -0.2) is 14.6 Å². The maximum absolute atomic E-state index is 12.5. The van der Waals surface area contributed by atoms with Crippen LogP contribution in [0.2, 0.25) is 0 Å². The number of hydrogen-bond donors (Lipinski definition) is 2. The normalized spacial score (nSPS) is 12.5. The van der Waals surface area contributed by atoms with Crippen LogP contribution in [0.15, 0.2) is 58.5 Å². The lowest BCUT2D eigenvalue weighted by Crippen LogP contribution is -2.15. The Kier molecular flexibility index (Phi) is 4.75. The second kappa shape index (κ2) is 6.42. The Balaban J connectivity index is 2.27. The molecule has 0 atom stereocenters. The molecule has 3 N–H and O–H groups in total. The van der Waals surface area contributed by atoms with Gasteiger partial charge in [0.1, 0.15) is 0 Å². The third-order valence-corrected chi connectivity index (χ3v) is 4.79. The summed E-state index contributed by atoms with van der Waals surface area (Å²) in [6.45, 7) is 6.25. The van der Waals surface area contributed by atoms with E-state index in [1.54, 1.807) is 36.4 Å². The number of anilines is 1. The molecule has 0 heterocycles. The molecule has 0 aliphatic carbocycles. The van der Waals surface area contributed by atoms with Crippen molar-refractivity contribution in [3.8, 4) is 0 Å². The van der Waals surface area contributed by atoms with E-state index in [1.807, 2.05) is 12.1 Å². The van der Waals surface area contributed by atoms with Crippen molar-refractivity contribution in [2.75, 3.05) is 4.72 Å². The van der Waals surface area contributed by atoms with Gasteiger partial charge in [0.2, 0.25) is 0 Å². The highest BCUT2D eigenvalue weighted by atomic mass is 32.2. The van der Waals surface area contributed by atoms with Gasteiger partial charge in [-0.1, -0.05) is 45.0 Å². The van der Waals surface area contributed by atoms with Crippen molar-refractivity contribution < 1.29 is 8.42 Å². The number of hydrazone groups is 1. The number of nitrogens with zero attached hydrogens (tertiary/aromatic N) is 1. The van der Waals surface area contributed by atoms with Crippen molar-refractivity contribution in [2.45, 2.75) is 31.1 Å². The third-order valence-electron chi connectivity index (χ3n) is 3.39. The van der Waals surface area contributed by atoms with Gasteiger partial charge in [-0.05, 0) is 40.8 Å². The highest BCUT2D eigenvalue weighted by Crippen LogP contribution is 2.24. The summed E-state index contributed by atoms with van der Waals surface area (Å²) in [5, 5.41) is 3.43. The summed E-state index contributed by atoms with van der Waals surface area (Å²) >= 11 is 0. The Morgan fingerprint density at radius 1 is 1.09 bits per heavy atom. The number of nitrogens with two attached hydrogens (primary N) is 1. The molecule has 2 rings (SSSR count). The lowest BCUT2D eigenvalue weighted by Gasteiger charge is -2.19. The summed E-state index contributed by atoms with van der Waals surface area (Å²) in [5.74, 6) is 5.11. The standard InChI is InChI=1S/C17H21N3O2S/c1-17(2,3)14-7-9-16(10-8-14)23(21,22)20-15-6-4-5-13(11-15)12-19-18/h4-12,20H,18H2,1-3H3. The summed E-state index contributed by atoms with van der Waals surface area (Å²) in [6, 6.07) is 13.8. The van der Waals surface area contributed by atoms with Crippen LogP contribution in [0, 0.1) is 0 Å². The van der Waals surface area contributed by atoms with Crippen LogP contribution in [0.5, 0.6) is 0 Å². The van der Waals surface area contributed by atoms with Crippen LogP contribution in [0.4, 0.5) is 5.69 Å². The molecule has 0 saturated carbocycles. The van der Waals surface area contributed by atoms with Gasteiger partial charge in [-0.25, -0.2) is 8.42 Å².